The second-order valence-corrected chi connectivity index (χ2v) is 17.9. The zero-order valence-corrected chi connectivity index (χ0v) is 31.3. The van der Waals surface area contributed by atoms with Gasteiger partial charge in [-0.15, -0.1) is 0 Å². The average Bonchev–Trinajstić information content (AvgIpc) is 3.37. The van der Waals surface area contributed by atoms with Crippen LogP contribution in [0, 0.1) is 52.3 Å². The lowest BCUT2D eigenvalue weighted by Gasteiger charge is -2.62. The third kappa shape index (κ3) is 9.55. The van der Waals surface area contributed by atoms with Gasteiger partial charge in [-0.1, -0.05) is 138 Å². The number of carbonyl (C=O) groups excluding carboxylic acids is 1. The minimum atomic E-state index is 0.115. The molecule has 0 aromatic heterocycles. The van der Waals surface area contributed by atoms with Crippen LogP contribution in [-0.2, 0) is 9.53 Å². The number of fused-ring (bicyclic) bond motifs is 5. The third-order valence-electron chi connectivity index (χ3n) is 14.6. The lowest BCUT2D eigenvalue weighted by atomic mass is 9.44. The predicted molar refractivity (Wildman–Crippen MR) is 193 cm³/mol. The largest absolute Gasteiger partial charge is 0.462 e. The molecule has 2 heteroatoms. The standard InChI is InChI=1S/C43H78O2/c1-7-8-9-10-11-12-13-14-15-16-17-18-19-26-41(44)45-40-25-21-24-35-27-28-36-38-30-29-37(34(4)23-20-22-33(2)3)42(38,5)32-31-39(36)43(35,40)6/h33-40H,7-32H2,1-6H3/t34-,35?,36+,37-,38+,39+,40?,42-,43+/m1/s1. The molecule has 0 amide bonds. The summed E-state index contributed by atoms with van der Waals surface area (Å²) >= 11 is 0. The Morgan fingerprint density at radius 2 is 1.33 bits per heavy atom. The summed E-state index contributed by atoms with van der Waals surface area (Å²) in [6, 6.07) is 0. The summed E-state index contributed by atoms with van der Waals surface area (Å²) in [7, 11) is 0. The van der Waals surface area contributed by atoms with E-state index in [1.54, 1.807) is 0 Å². The van der Waals surface area contributed by atoms with Crippen LogP contribution < -0.4 is 0 Å². The van der Waals surface area contributed by atoms with Crippen molar-refractivity contribution in [1.82, 2.24) is 0 Å². The Morgan fingerprint density at radius 3 is 1.98 bits per heavy atom. The molecule has 2 unspecified atom stereocenters. The van der Waals surface area contributed by atoms with Gasteiger partial charge in [0.05, 0.1) is 0 Å². The SMILES string of the molecule is CCCCCCCCCCCCCCCC(=O)OC1CCCC2CC[C@@H]3[C@H](CC[C@]4(C)[C@@H]([C@H](C)CCCC(C)C)CC[C@@H]34)[C@]21C. The van der Waals surface area contributed by atoms with Crippen LogP contribution in [0.5, 0.6) is 0 Å². The Bertz CT molecular complexity index is 849. The van der Waals surface area contributed by atoms with Gasteiger partial charge in [-0.25, -0.2) is 0 Å². The highest BCUT2D eigenvalue weighted by Crippen LogP contribution is 2.68. The predicted octanol–water partition coefficient (Wildman–Crippen LogP) is 13.5. The lowest BCUT2D eigenvalue weighted by Crippen LogP contribution is -2.58. The van der Waals surface area contributed by atoms with Gasteiger partial charge in [-0.3, -0.25) is 4.79 Å². The molecule has 2 nitrogen and oxygen atoms in total. The Hall–Kier alpha value is -0.530. The first-order chi connectivity index (χ1) is 21.7. The van der Waals surface area contributed by atoms with Crippen LogP contribution in [0.3, 0.4) is 0 Å². The number of esters is 1. The second kappa shape index (κ2) is 18.3. The zero-order valence-electron chi connectivity index (χ0n) is 31.3. The van der Waals surface area contributed by atoms with Crippen molar-refractivity contribution in [3.05, 3.63) is 0 Å². The highest BCUT2D eigenvalue weighted by molar-refractivity contribution is 5.69. The fraction of sp³-hybridized carbons (Fsp3) is 0.977. The number of carbonyl (C=O) groups is 1. The normalized spacial score (nSPS) is 35.1. The molecule has 4 saturated carbocycles. The van der Waals surface area contributed by atoms with Gasteiger partial charge in [0, 0.05) is 11.8 Å². The maximum absolute atomic E-state index is 13.2. The topological polar surface area (TPSA) is 26.3 Å². The first-order valence-corrected chi connectivity index (χ1v) is 20.9. The molecule has 4 aliphatic carbocycles. The van der Waals surface area contributed by atoms with Gasteiger partial charge in [-0.05, 0) is 111 Å². The molecular weight excluding hydrogens is 548 g/mol. The third-order valence-corrected chi connectivity index (χ3v) is 14.6. The second-order valence-electron chi connectivity index (χ2n) is 17.9. The molecule has 0 saturated heterocycles. The Kier molecular flexibility index (Phi) is 15.2. The summed E-state index contributed by atoms with van der Waals surface area (Å²) in [6.07, 6.45) is 34.8. The van der Waals surface area contributed by atoms with Gasteiger partial charge in [0.2, 0.25) is 0 Å². The lowest BCUT2D eigenvalue weighted by molar-refractivity contribution is -0.192. The Morgan fingerprint density at radius 1 is 0.689 bits per heavy atom. The van der Waals surface area contributed by atoms with Gasteiger partial charge in [0.25, 0.3) is 0 Å². The van der Waals surface area contributed by atoms with Crippen molar-refractivity contribution in [1.29, 1.82) is 0 Å². The van der Waals surface area contributed by atoms with E-state index in [1.807, 2.05) is 0 Å². The van der Waals surface area contributed by atoms with Crippen LogP contribution in [-0.4, -0.2) is 12.1 Å². The number of unbranched alkanes of at least 4 members (excludes halogenated alkanes) is 12. The van der Waals surface area contributed by atoms with E-state index in [-0.39, 0.29) is 17.5 Å². The van der Waals surface area contributed by atoms with E-state index in [2.05, 4.69) is 41.5 Å². The fourth-order valence-electron chi connectivity index (χ4n) is 12.0. The number of hydrogen-bond donors (Lipinski definition) is 0. The summed E-state index contributed by atoms with van der Waals surface area (Å²) in [5.74, 6) is 6.02. The van der Waals surface area contributed by atoms with E-state index in [0.717, 1.165) is 54.3 Å². The minimum Gasteiger partial charge on any atom is -0.462 e. The maximum atomic E-state index is 13.2. The zero-order chi connectivity index (χ0) is 32.3. The van der Waals surface area contributed by atoms with Crippen molar-refractivity contribution < 1.29 is 9.53 Å². The molecule has 0 radical (unpaired) electrons. The van der Waals surface area contributed by atoms with Crippen LogP contribution in [0.25, 0.3) is 0 Å². The van der Waals surface area contributed by atoms with Crippen LogP contribution in [0.1, 0.15) is 208 Å². The fourth-order valence-corrected chi connectivity index (χ4v) is 12.0. The minimum absolute atomic E-state index is 0.115. The quantitative estimate of drug-likeness (QED) is 0.0992. The van der Waals surface area contributed by atoms with Gasteiger partial charge in [0.1, 0.15) is 6.10 Å². The van der Waals surface area contributed by atoms with Gasteiger partial charge < -0.3 is 4.74 Å². The molecule has 4 rings (SSSR count). The van der Waals surface area contributed by atoms with E-state index in [0.29, 0.717) is 11.8 Å². The van der Waals surface area contributed by atoms with Crippen molar-refractivity contribution in [2.24, 2.45) is 52.3 Å². The molecule has 0 N–H and O–H groups in total. The van der Waals surface area contributed by atoms with E-state index < -0.39 is 0 Å². The number of ether oxygens (including phenoxy) is 1. The summed E-state index contributed by atoms with van der Waals surface area (Å²) in [5.41, 5.74) is 0.742. The van der Waals surface area contributed by atoms with Crippen molar-refractivity contribution in [2.45, 2.75) is 215 Å². The first-order valence-electron chi connectivity index (χ1n) is 20.9. The van der Waals surface area contributed by atoms with E-state index >= 15 is 0 Å². The van der Waals surface area contributed by atoms with E-state index in [9.17, 15) is 4.79 Å². The van der Waals surface area contributed by atoms with Gasteiger partial charge in [-0.2, -0.15) is 0 Å². The molecule has 4 fully saturated rings. The van der Waals surface area contributed by atoms with E-state index in [4.69, 9.17) is 4.74 Å². The first kappa shape index (κ1) is 37.3. The maximum Gasteiger partial charge on any atom is 0.306 e. The molecular formula is C43H78O2. The van der Waals surface area contributed by atoms with Crippen LogP contribution in [0.2, 0.25) is 0 Å². The highest BCUT2D eigenvalue weighted by atomic mass is 16.5. The van der Waals surface area contributed by atoms with E-state index in [1.165, 1.54) is 148 Å². The average molecular weight is 627 g/mol. The van der Waals surface area contributed by atoms with Crippen LogP contribution in [0.15, 0.2) is 0 Å². The summed E-state index contributed by atoms with van der Waals surface area (Å²) in [6.45, 7) is 15.0. The molecule has 0 spiro atoms. The van der Waals surface area contributed by atoms with Crippen molar-refractivity contribution in [3.63, 3.8) is 0 Å². The summed E-state index contributed by atoms with van der Waals surface area (Å²) < 4.78 is 6.54. The Labute approximate surface area is 281 Å². The molecule has 0 aliphatic heterocycles. The van der Waals surface area contributed by atoms with Gasteiger partial charge >= 0.3 is 5.97 Å². The van der Waals surface area contributed by atoms with Crippen molar-refractivity contribution in [3.8, 4) is 0 Å². The van der Waals surface area contributed by atoms with Crippen LogP contribution >= 0.6 is 0 Å². The van der Waals surface area contributed by atoms with Crippen molar-refractivity contribution in [2.75, 3.05) is 0 Å². The number of hydrogen-bond acceptors (Lipinski definition) is 2. The molecule has 0 bridgehead atoms. The van der Waals surface area contributed by atoms with Gasteiger partial charge in [0.15, 0.2) is 0 Å². The molecule has 45 heavy (non-hydrogen) atoms. The highest BCUT2D eigenvalue weighted by Gasteiger charge is 2.62. The number of rotatable bonds is 20. The molecule has 0 heterocycles. The Balaban J connectivity index is 1.21. The monoisotopic (exact) mass is 627 g/mol. The molecule has 4 aliphatic rings. The summed E-state index contributed by atoms with van der Waals surface area (Å²) in [4.78, 5) is 13.2. The molecule has 9 atom stereocenters. The molecule has 0 aromatic rings. The van der Waals surface area contributed by atoms with Crippen molar-refractivity contribution >= 4 is 5.97 Å². The van der Waals surface area contributed by atoms with Crippen LogP contribution in [0.4, 0.5) is 0 Å². The smallest absolute Gasteiger partial charge is 0.306 e. The molecule has 0 aromatic carbocycles. The molecule has 262 valence electrons. The summed E-state index contributed by atoms with van der Waals surface area (Å²) in [5, 5.41) is 0.